The molecule has 0 radical (unpaired) electrons. The summed E-state index contributed by atoms with van der Waals surface area (Å²) in [6, 6.07) is 3.54. The third kappa shape index (κ3) is 4.61. The number of nitrogens with two attached hydrogens (primary N) is 1. The molecule has 1 saturated heterocycles. The Morgan fingerprint density at radius 2 is 2.19 bits per heavy atom. The molecule has 6 nitrogen and oxygen atoms in total. The van der Waals surface area contributed by atoms with Crippen molar-refractivity contribution in [1.29, 1.82) is 0 Å². The van der Waals surface area contributed by atoms with Gasteiger partial charge < -0.3 is 25.4 Å². The lowest BCUT2D eigenvalue weighted by Gasteiger charge is -2.22. The molecule has 6 heteroatoms. The van der Waals surface area contributed by atoms with Crippen LogP contribution in [0.15, 0.2) is 18.2 Å². The Labute approximate surface area is 123 Å². The maximum Gasteiger partial charge on any atom is 0.323 e. The molecule has 1 aliphatic rings. The van der Waals surface area contributed by atoms with Gasteiger partial charge in [-0.2, -0.15) is 0 Å². The minimum Gasteiger partial charge on any atom is -0.504 e. The summed E-state index contributed by atoms with van der Waals surface area (Å²) in [6.07, 6.45) is 3.23. The van der Waals surface area contributed by atoms with Crippen molar-refractivity contribution < 1.29 is 24.5 Å². The number of benzene rings is 1. The van der Waals surface area contributed by atoms with Crippen LogP contribution in [0.5, 0.6) is 11.5 Å². The molecule has 0 amide bonds. The van der Waals surface area contributed by atoms with Gasteiger partial charge in [0.1, 0.15) is 12.6 Å². The van der Waals surface area contributed by atoms with Gasteiger partial charge in [0.25, 0.3) is 0 Å². The Morgan fingerprint density at radius 3 is 2.86 bits per heavy atom. The predicted molar refractivity (Wildman–Crippen MR) is 76.0 cm³/mol. The van der Waals surface area contributed by atoms with Crippen LogP contribution >= 0.6 is 0 Å². The lowest BCUT2D eigenvalue weighted by atomic mass is 10.1. The topological polar surface area (TPSA) is 102 Å². The molecule has 2 rings (SSSR count). The number of phenolic OH excluding ortho intramolecular Hbond substituents is 2. The van der Waals surface area contributed by atoms with Crippen LogP contribution in [0.4, 0.5) is 0 Å². The molecule has 1 fully saturated rings. The minimum absolute atomic E-state index is 0.0346. The van der Waals surface area contributed by atoms with Gasteiger partial charge in [0.05, 0.1) is 6.10 Å². The van der Waals surface area contributed by atoms with Crippen molar-refractivity contribution in [3.63, 3.8) is 0 Å². The van der Waals surface area contributed by atoms with Crippen molar-refractivity contribution in [2.75, 3.05) is 13.2 Å². The largest absolute Gasteiger partial charge is 0.504 e. The number of hydrogen-bond donors (Lipinski definition) is 3. The molecule has 0 bridgehead atoms. The molecule has 4 N–H and O–H groups in total. The molecule has 0 saturated carbocycles. The maximum atomic E-state index is 11.8. The highest BCUT2D eigenvalue weighted by atomic mass is 16.6. The van der Waals surface area contributed by atoms with Crippen LogP contribution < -0.4 is 5.73 Å². The number of rotatable bonds is 5. The van der Waals surface area contributed by atoms with E-state index in [1.807, 2.05) is 0 Å². The van der Waals surface area contributed by atoms with Gasteiger partial charge in [-0.05, 0) is 43.4 Å². The van der Waals surface area contributed by atoms with Crippen LogP contribution in [0.1, 0.15) is 24.8 Å². The predicted octanol–water partition coefficient (Wildman–Crippen LogP) is 1.08. The first-order chi connectivity index (χ1) is 10.1. The van der Waals surface area contributed by atoms with E-state index in [2.05, 4.69) is 0 Å². The smallest absolute Gasteiger partial charge is 0.323 e. The van der Waals surface area contributed by atoms with Crippen molar-refractivity contribution in [2.45, 2.75) is 37.8 Å². The highest BCUT2D eigenvalue weighted by Crippen LogP contribution is 2.25. The van der Waals surface area contributed by atoms with Gasteiger partial charge in [0, 0.05) is 6.61 Å². The van der Waals surface area contributed by atoms with Gasteiger partial charge in [-0.1, -0.05) is 6.07 Å². The lowest BCUT2D eigenvalue weighted by molar-refractivity contribution is -0.150. The zero-order chi connectivity index (χ0) is 15.2. The second-order valence-electron chi connectivity index (χ2n) is 5.25. The standard InChI is InChI=1S/C15H21NO5/c16-12(7-10-4-5-13(17)14(18)8-10)15(19)21-9-11-3-1-2-6-20-11/h4-5,8,11-12,17-18H,1-3,6-7,9,16H2/t11?,12-/m0/s1. The third-order valence-corrected chi connectivity index (χ3v) is 3.48. The van der Waals surface area contributed by atoms with Gasteiger partial charge in [0.2, 0.25) is 0 Å². The van der Waals surface area contributed by atoms with Gasteiger partial charge in [-0.25, -0.2) is 0 Å². The quantitative estimate of drug-likeness (QED) is 0.555. The average molecular weight is 295 g/mol. The van der Waals surface area contributed by atoms with Crippen molar-refractivity contribution in [3.05, 3.63) is 23.8 Å². The molecular formula is C15H21NO5. The average Bonchev–Trinajstić information content (AvgIpc) is 2.49. The number of carbonyl (C=O) groups is 1. The van der Waals surface area contributed by atoms with E-state index in [1.165, 1.54) is 12.1 Å². The number of phenols is 2. The van der Waals surface area contributed by atoms with Crippen LogP contribution in [0.3, 0.4) is 0 Å². The summed E-state index contributed by atoms with van der Waals surface area (Å²) in [7, 11) is 0. The summed E-state index contributed by atoms with van der Waals surface area (Å²) < 4.78 is 10.6. The number of carbonyl (C=O) groups excluding carboxylic acids is 1. The molecule has 1 unspecified atom stereocenters. The van der Waals surface area contributed by atoms with Crippen molar-refractivity contribution in [1.82, 2.24) is 0 Å². The number of esters is 1. The first-order valence-corrected chi connectivity index (χ1v) is 7.11. The molecule has 1 heterocycles. The Hall–Kier alpha value is -1.79. The second-order valence-corrected chi connectivity index (χ2v) is 5.25. The van der Waals surface area contributed by atoms with Crippen LogP contribution in [0, 0.1) is 0 Å². The fourth-order valence-electron chi connectivity index (χ4n) is 2.25. The molecule has 0 aromatic heterocycles. The summed E-state index contributed by atoms with van der Waals surface area (Å²) in [6.45, 7) is 0.939. The van der Waals surface area contributed by atoms with Gasteiger partial charge >= 0.3 is 5.97 Å². The van der Waals surface area contributed by atoms with Crippen LogP contribution in [-0.2, 0) is 20.7 Å². The number of ether oxygens (including phenoxy) is 2. The Morgan fingerprint density at radius 1 is 1.38 bits per heavy atom. The highest BCUT2D eigenvalue weighted by molar-refractivity contribution is 5.76. The normalized spacial score (nSPS) is 20.0. The first-order valence-electron chi connectivity index (χ1n) is 7.11. The van der Waals surface area contributed by atoms with Crippen molar-refractivity contribution >= 4 is 5.97 Å². The molecule has 1 aromatic carbocycles. The summed E-state index contributed by atoms with van der Waals surface area (Å²) in [4.78, 5) is 11.8. The van der Waals surface area contributed by atoms with E-state index in [9.17, 15) is 15.0 Å². The summed E-state index contributed by atoms with van der Waals surface area (Å²) >= 11 is 0. The Bertz CT molecular complexity index is 485. The van der Waals surface area contributed by atoms with E-state index < -0.39 is 12.0 Å². The lowest BCUT2D eigenvalue weighted by Crippen LogP contribution is -2.36. The van der Waals surface area contributed by atoms with Crippen LogP contribution in [0.25, 0.3) is 0 Å². The highest BCUT2D eigenvalue weighted by Gasteiger charge is 2.20. The second kappa shape index (κ2) is 7.28. The van der Waals surface area contributed by atoms with Gasteiger partial charge in [-0.15, -0.1) is 0 Å². The van der Waals surface area contributed by atoms with E-state index in [0.717, 1.165) is 19.3 Å². The van der Waals surface area contributed by atoms with Crippen molar-refractivity contribution in [2.24, 2.45) is 5.73 Å². The molecule has 1 aliphatic heterocycles. The maximum absolute atomic E-state index is 11.8. The summed E-state index contributed by atoms with van der Waals surface area (Å²) in [5.74, 6) is -0.926. The number of aromatic hydroxyl groups is 2. The minimum atomic E-state index is -0.808. The van der Waals surface area contributed by atoms with Crippen LogP contribution in [-0.4, -0.2) is 41.5 Å². The van der Waals surface area contributed by atoms with Gasteiger partial charge in [-0.3, -0.25) is 4.79 Å². The van der Waals surface area contributed by atoms with E-state index in [1.54, 1.807) is 6.07 Å². The first kappa shape index (κ1) is 15.6. The number of hydrogen-bond acceptors (Lipinski definition) is 6. The summed E-state index contributed by atoms with van der Waals surface area (Å²) in [5, 5.41) is 18.6. The van der Waals surface area contributed by atoms with Crippen molar-refractivity contribution in [3.8, 4) is 11.5 Å². The molecule has 0 spiro atoms. The Balaban J connectivity index is 1.79. The zero-order valence-corrected chi connectivity index (χ0v) is 11.8. The van der Waals surface area contributed by atoms with Crippen LogP contribution in [0.2, 0.25) is 0 Å². The van der Waals surface area contributed by atoms with E-state index in [0.29, 0.717) is 12.2 Å². The molecule has 2 atom stereocenters. The monoisotopic (exact) mass is 295 g/mol. The zero-order valence-electron chi connectivity index (χ0n) is 11.8. The van der Waals surface area contributed by atoms with E-state index >= 15 is 0 Å². The fraction of sp³-hybridized carbons (Fsp3) is 0.533. The SMILES string of the molecule is N[C@@H](Cc1ccc(O)c(O)c1)C(=O)OCC1CCCCO1. The molecule has 0 aliphatic carbocycles. The fourth-order valence-corrected chi connectivity index (χ4v) is 2.25. The molecule has 21 heavy (non-hydrogen) atoms. The molecular weight excluding hydrogens is 274 g/mol. The third-order valence-electron chi connectivity index (χ3n) is 3.48. The molecule has 116 valence electrons. The summed E-state index contributed by atoms with van der Waals surface area (Å²) in [5.41, 5.74) is 6.45. The van der Waals surface area contributed by atoms with E-state index in [-0.39, 0.29) is 30.6 Å². The molecule has 1 aromatic rings. The van der Waals surface area contributed by atoms with E-state index in [4.69, 9.17) is 15.2 Å². The Kier molecular flexibility index (Phi) is 5.41. The van der Waals surface area contributed by atoms with Gasteiger partial charge in [0.15, 0.2) is 11.5 Å².